The second kappa shape index (κ2) is 5.82. The van der Waals surface area contributed by atoms with E-state index < -0.39 is 0 Å². The van der Waals surface area contributed by atoms with Gasteiger partial charge in [-0.25, -0.2) is 0 Å². The van der Waals surface area contributed by atoms with Gasteiger partial charge in [0.2, 0.25) is 0 Å². The van der Waals surface area contributed by atoms with Crippen LogP contribution in [-0.2, 0) is 16.0 Å². The van der Waals surface area contributed by atoms with Crippen molar-refractivity contribution in [2.24, 2.45) is 0 Å². The van der Waals surface area contributed by atoms with Crippen molar-refractivity contribution in [1.82, 2.24) is 5.32 Å². The van der Waals surface area contributed by atoms with Crippen LogP contribution in [0.3, 0.4) is 0 Å². The van der Waals surface area contributed by atoms with Crippen LogP contribution in [0.5, 0.6) is 0 Å². The fraction of sp³-hybridized carbons (Fsp3) is 0.500. The number of nitrogens with one attached hydrogen (secondary N) is 1. The van der Waals surface area contributed by atoms with Gasteiger partial charge in [0.1, 0.15) is 0 Å². The largest absolute Gasteiger partial charge is 0.468 e. The minimum absolute atomic E-state index is 0.202. The van der Waals surface area contributed by atoms with E-state index in [4.69, 9.17) is 0 Å². The molecule has 0 aliphatic heterocycles. The lowest BCUT2D eigenvalue weighted by Crippen LogP contribution is -2.28. The van der Waals surface area contributed by atoms with Crippen LogP contribution in [0.4, 0.5) is 0 Å². The fourth-order valence-corrected chi connectivity index (χ4v) is 2.41. The molecular formula is C14H19NO2. The van der Waals surface area contributed by atoms with Crippen LogP contribution in [0.2, 0.25) is 0 Å². The lowest BCUT2D eigenvalue weighted by atomic mass is 9.99. The zero-order chi connectivity index (χ0) is 12.1. The molecule has 92 valence electrons. The summed E-state index contributed by atoms with van der Waals surface area (Å²) in [5.41, 5.74) is 2.75. The number of carbonyl (C=O) groups is 1. The SMILES string of the molecule is COC(=O)CNC1CCCCc2ccccc21. The van der Waals surface area contributed by atoms with E-state index in [1.807, 2.05) is 0 Å². The van der Waals surface area contributed by atoms with Crippen LogP contribution in [0.1, 0.15) is 36.4 Å². The van der Waals surface area contributed by atoms with Gasteiger partial charge < -0.3 is 10.1 Å². The van der Waals surface area contributed by atoms with Gasteiger partial charge in [-0.2, -0.15) is 0 Å². The van der Waals surface area contributed by atoms with Gasteiger partial charge in [-0.1, -0.05) is 30.7 Å². The summed E-state index contributed by atoms with van der Waals surface area (Å²) < 4.78 is 4.66. The van der Waals surface area contributed by atoms with Gasteiger partial charge in [-0.15, -0.1) is 0 Å². The topological polar surface area (TPSA) is 38.3 Å². The first-order valence-electron chi connectivity index (χ1n) is 6.19. The molecule has 0 heterocycles. The summed E-state index contributed by atoms with van der Waals surface area (Å²) in [6.07, 6.45) is 4.67. The number of benzene rings is 1. The van der Waals surface area contributed by atoms with E-state index in [1.165, 1.54) is 31.1 Å². The highest BCUT2D eigenvalue weighted by Gasteiger charge is 2.18. The molecule has 0 aromatic heterocycles. The van der Waals surface area contributed by atoms with Crippen LogP contribution in [0.15, 0.2) is 24.3 Å². The van der Waals surface area contributed by atoms with Gasteiger partial charge in [0, 0.05) is 6.04 Å². The van der Waals surface area contributed by atoms with Crippen LogP contribution < -0.4 is 5.32 Å². The van der Waals surface area contributed by atoms with E-state index in [2.05, 4.69) is 34.3 Å². The molecule has 0 bridgehead atoms. The van der Waals surface area contributed by atoms with Crippen LogP contribution in [0, 0.1) is 0 Å². The third kappa shape index (κ3) is 3.07. The van der Waals surface area contributed by atoms with Crippen molar-refractivity contribution >= 4 is 5.97 Å². The predicted molar refractivity (Wildman–Crippen MR) is 66.8 cm³/mol. The number of methoxy groups -OCH3 is 1. The third-order valence-electron chi connectivity index (χ3n) is 3.34. The Kier molecular flexibility index (Phi) is 4.15. The number of fused-ring (bicyclic) bond motifs is 1. The molecule has 2 rings (SSSR count). The van der Waals surface area contributed by atoms with Crippen LogP contribution in [-0.4, -0.2) is 19.6 Å². The van der Waals surface area contributed by atoms with Gasteiger partial charge in [-0.3, -0.25) is 4.79 Å². The summed E-state index contributed by atoms with van der Waals surface area (Å²) in [7, 11) is 1.42. The first-order valence-corrected chi connectivity index (χ1v) is 6.19. The smallest absolute Gasteiger partial charge is 0.319 e. The van der Waals surface area contributed by atoms with E-state index >= 15 is 0 Å². The Labute approximate surface area is 102 Å². The summed E-state index contributed by atoms with van der Waals surface area (Å²) in [5, 5.41) is 3.29. The summed E-state index contributed by atoms with van der Waals surface area (Å²) in [6, 6.07) is 8.79. The molecule has 0 fully saturated rings. The fourth-order valence-electron chi connectivity index (χ4n) is 2.41. The average molecular weight is 233 g/mol. The highest BCUT2D eigenvalue weighted by Crippen LogP contribution is 2.28. The van der Waals surface area contributed by atoms with E-state index in [-0.39, 0.29) is 18.6 Å². The highest BCUT2D eigenvalue weighted by molar-refractivity contribution is 5.71. The van der Waals surface area contributed by atoms with Crippen LogP contribution in [0.25, 0.3) is 0 Å². The number of carbonyl (C=O) groups excluding carboxylic acids is 1. The quantitative estimate of drug-likeness (QED) is 0.642. The summed E-state index contributed by atoms with van der Waals surface area (Å²) >= 11 is 0. The Morgan fingerprint density at radius 2 is 2.24 bits per heavy atom. The number of ether oxygens (including phenoxy) is 1. The van der Waals surface area contributed by atoms with Crippen LogP contribution >= 0.6 is 0 Å². The molecule has 0 spiro atoms. The molecule has 1 atom stereocenters. The molecule has 1 aromatic rings. The second-order valence-electron chi connectivity index (χ2n) is 4.45. The number of aryl methyl sites for hydroxylation is 1. The zero-order valence-electron chi connectivity index (χ0n) is 10.2. The van der Waals surface area contributed by atoms with Crippen molar-refractivity contribution < 1.29 is 9.53 Å². The Hall–Kier alpha value is -1.35. The highest BCUT2D eigenvalue weighted by atomic mass is 16.5. The van der Waals surface area contributed by atoms with Gasteiger partial charge in [0.15, 0.2) is 0 Å². The maximum Gasteiger partial charge on any atom is 0.319 e. The molecule has 1 aromatic carbocycles. The second-order valence-corrected chi connectivity index (χ2v) is 4.45. The molecule has 17 heavy (non-hydrogen) atoms. The Balaban J connectivity index is 2.09. The number of hydrogen-bond acceptors (Lipinski definition) is 3. The molecule has 1 aliphatic rings. The predicted octanol–water partition coefficient (Wildman–Crippen LogP) is 2.22. The van der Waals surface area contributed by atoms with Gasteiger partial charge >= 0.3 is 5.97 Å². The zero-order valence-corrected chi connectivity index (χ0v) is 10.2. The molecule has 3 heteroatoms. The number of rotatable bonds is 3. The molecule has 1 unspecified atom stereocenters. The first kappa shape index (κ1) is 12.1. The maximum absolute atomic E-state index is 11.2. The molecule has 1 aliphatic carbocycles. The minimum Gasteiger partial charge on any atom is -0.468 e. The Morgan fingerprint density at radius 3 is 3.06 bits per heavy atom. The number of esters is 1. The number of hydrogen-bond donors (Lipinski definition) is 1. The standard InChI is InChI=1S/C14H19NO2/c1-17-14(16)10-15-13-9-5-3-7-11-6-2-4-8-12(11)13/h2,4,6,8,13,15H,3,5,7,9-10H2,1H3. The molecule has 1 N–H and O–H groups in total. The molecule has 0 saturated carbocycles. The van der Waals surface area contributed by atoms with Crippen molar-refractivity contribution in [3.8, 4) is 0 Å². The molecule has 3 nitrogen and oxygen atoms in total. The van der Waals surface area contributed by atoms with Crippen molar-refractivity contribution in [2.45, 2.75) is 31.7 Å². The van der Waals surface area contributed by atoms with E-state index in [0.29, 0.717) is 0 Å². The van der Waals surface area contributed by atoms with Gasteiger partial charge in [-0.05, 0) is 30.4 Å². The Morgan fingerprint density at radius 1 is 1.41 bits per heavy atom. The molecule has 0 radical (unpaired) electrons. The summed E-state index contributed by atoms with van der Waals surface area (Å²) in [4.78, 5) is 11.2. The van der Waals surface area contributed by atoms with Crippen molar-refractivity contribution in [3.05, 3.63) is 35.4 Å². The normalized spacial score (nSPS) is 19.2. The molecular weight excluding hydrogens is 214 g/mol. The van der Waals surface area contributed by atoms with E-state index in [1.54, 1.807) is 0 Å². The molecule has 0 amide bonds. The van der Waals surface area contributed by atoms with Gasteiger partial charge in [0.05, 0.1) is 13.7 Å². The van der Waals surface area contributed by atoms with E-state index in [0.717, 1.165) is 12.8 Å². The lowest BCUT2D eigenvalue weighted by Gasteiger charge is -2.18. The first-order chi connectivity index (χ1) is 8.31. The van der Waals surface area contributed by atoms with E-state index in [9.17, 15) is 4.79 Å². The monoisotopic (exact) mass is 233 g/mol. The average Bonchev–Trinajstić information content (AvgIpc) is 2.58. The maximum atomic E-state index is 11.2. The summed E-state index contributed by atoms with van der Waals surface area (Å²) in [5.74, 6) is -0.202. The third-order valence-corrected chi connectivity index (χ3v) is 3.34. The summed E-state index contributed by atoms with van der Waals surface area (Å²) in [6.45, 7) is 0.287. The lowest BCUT2D eigenvalue weighted by molar-refractivity contribution is -0.139. The van der Waals surface area contributed by atoms with Crippen molar-refractivity contribution in [2.75, 3.05) is 13.7 Å². The van der Waals surface area contributed by atoms with Gasteiger partial charge in [0.25, 0.3) is 0 Å². The Bertz CT molecular complexity index is 390. The van der Waals surface area contributed by atoms with Crippen molar-refractivity contribution in [3.63, 3.8) is 0 Å². The molecule has 0 saturated heterocycles. The minimum atomic E-state index is -0.202. The van der Waals surface area contributed by atoms with Crippen molar-refractivity contribution in [1.29, 1.82) is 0 Å².